The summed E-state index contributed by atoms with van der Waals surface area (Å²) in [6.45, 7) is 4.08. The van der Waals surface area contributed by atoms with E-state index in [2.05, 4.69) is 0 Å². The second-order valence-corrected chi connectivity index (χ2v) is 7.61. The highest BCUT2D eigenvalue weighted by molar-refractivity contribution is 7.91. The van der Waals surface area contributed by atoms with Gasteiger partial charge in [0.25, 0.3) is 10.0 Å². The minimum atomic E-state index is -3.35. The third-order valence-corrected chi connectivity index (χ3v) is 6.63. The molecule has 1 saturated heterocycles. The molecular formula is C12H20N2O3S2. The van der Waals surface area contributed by atoms with Crippen LogP contribution in [0.3, 0.4) is 0 Å². The van der Waals surface area contributed by atoms with E-state index < -0.39 is 10.0 Å². The molecule has 0 saturated carbocycles. The van der Waals surface area contributed by atoms with Crippen molar-refractivity contribution in [1.82, 2.24) is 4.31 Å². The van der Waals surface area contributed by atoms with Gasteiger partial charge in [0.1, 0.15) is 4.21 Å². The number of piperidine rings is 1. The van der Waals surface area contributed by atoms with Crippen molar-refractivity contribution >= 4 is 21.4 Å². The van der Waals surface area contributed by atoms with Crippen LogP contribution in [0.1, 0.15) is 25.3 Å². The predicted octanol–water partition coefficient (Wildman–Crippen LogP) is 1.40. The fraction of sp³-hybridized carbons (Fsp3) is 0.667. The standard InChI is InChI=1S/C12H20N2O3S2/c1-2-17-11-3-5-14(6-4-11)19(15,16)12-7-10(8-13)9-18-12/h7,9,11H,2-6,8,13H2,1H3. The number of sulfonamides is 1. The van der Waals surface area contributed by atoms with Crippen molar-refractivity contribution in [1.29, 1.82) is 0 Å². The number of nitrogens with zero attached hydrogens (tertiary/aromatic N) is 1. The second kappa shape index (κ2) is 6.32. The van der Waals surface area contributed by atoms with Gasteiger partial charge in [0.05, 0.1) is 6.10 Å². The van der Waals surface area contributed by atoms with Crippen molar-refractivity contribution in [3.63, 3.8) is 0 Å². The van der Waals surface area contributed by atoms with Crippen molar-refractivity contribution in [3.05, 3.63) is 17.0 Å². The van der Waals surface area contributed by atoms with Gasteiger partial charge in [0.2, 0.25) is 0 Å². The fourth-order valence-electron chi connectivity index (χ4n) is 2.20. The van der Waals surface area contributed by atoms with Crippen LogP contribution in [-0.2, 0) is 21.3 Å². The van der Waals surface area contributed by atoms with Gasteiger partial charge in [-0.05, 0) is 36.8 Å². The molecule has 1 aromatic heterocycles. The lowest BCUT2D eigenvalue weighted by Crippen LogP contribution is -2.40. The Kier molecular flexibility index (Phi) is 4.97. The van der Waals surface area contributed by atoms with Crippen molar-refractivity contribution in [2.24, 2.45) is 5.73 Å². The van der Waals surface area contributed by atoms with Gasteiger partial charge in [-0.2, -0.15) is 4.31 Å². The summed E-state index contributed by atoms with van der Waals surface area (Å²) in [6.07, 6.45) is 1.73. The molecule has 1 fully saturated rings. The molecule has 0 spiro atoms. The van der Waals surface area contributed by atoms with E-state index in [1.54, 1.807) is 15.8 Å². The van der Waals surface area contributed by atoms with E-state index in [0.717, 1.165) is 18.4 Å². The lowest BCUT2D eigenvalue weighted by atomic mass is 10.1. The summed E-state index contributed by atoms with van der Waals surface area (Å²) in [5.74, 6) is 0. The minimum Gasteiger partial charge on any atom is -0.378 e. The summed E-state index contributed by atoms with van der Waals surface area (Å²) in [4.78, 5) is 0. The van der Waals surface area contributed by atoms with Crippen LogP contribution in [0.25, 0.3) is 0 Å². The van der Waals surface area contributed by atoms with Crippen LogP contribution in [0.5, 0.6) is 0 Å². The molecule has 2 rings (SSSR count). The molecule has 1 aliphatic rings. The van der Waals surface area contributed by atoms with E-state index in [1.165, 1.54) is 11.3 Å². The lowest BCUT2D eigenvalue weighted by molar-refractivity contribution is 0.0290. The van der Waals surface area contributed by atoms with E-state index in [4.69, 9.17) is 10.5 Å². The third-order valence-electron chi connectivity index (χ3n) is 3.26. The third kappa shape index (κ3) is 3.35. The van der Waals surface area contributed by atoms with Crippen LogP contribution in [0.4, 0.5) is 0 Å². The van der Waals surface area contributed by atoms with Gasteiger partial charge in [-0.1, -0.05) is 0 Å². The van der Waals surface area contributed by atoms with Crippen molar-refractivity contribution in [3.8, 4) is 0 Å². The molecule has 5 nitrogen and oxygen atoms in total. The summed E-state index contributed by atoms with van der Waals surface area (Å²) in [6, 6.07) is 1.68. The molecule has 0 amide bonds. The number of ether oxygens (including phenoxy) is 1. The van der Waals surface area contributed by atoms with Crippen molar-refractivity contribution in [2.75, 3.05) is 19.7 Å². The van der Waals surface area contributed by atoms with Gasteiger partial charge in [-0.25, -0.2) is 8.42 Å². The van der Waals surface area contributed by atoms with E-state index in [0.29, 0.717) is 30.5 Å². The highest BCUT2D eigenvalue weighted by Crippen LogP contribution is 2.26. The van der Waals surface area contributed by atoms with Gasteiger partial charge in [-0.15, -0.1) is 11.3 Å². The molecule has 2 N–H and O–H groups in total. The van der Waals surface area contributed by atoms with Crippen LogP contribution in [0, 0.1) is 0 Å². The van der Waals surface area contributed by atoms with Gasteiger partial charge >= 0.3 is 0 Å². The first-order valence-corrected chi connectivity index (χ1v) is 8.79. The van der Waals surface area contributed by atoms with Crippen LogP contribution in [0.2, 0.25) is 0 Å². The highest BCUT2D eigenvalue weighted by atomic mass is 32.2. The first kappa shape index (κ1) is 14.9. The summed E-state index contributed by atoms with van der Waals surface area (Å²) in [5, 5.41) is 1.81. The quantitative estimate of drug-likeness (QED) is 0.892. The normalized spacial score (nSPS) is 18.8. The molecule has 1 aromatic rings. The second-order valence-electron chi connectivity index (χ2n) is 4.54. The molecule has 0 aliphatic carbocycles. The number of nitrogens with two attached hydrogens (primary N) is 1. The molecular weight excluding hydrogens is 284 g/mol. The zero-order valence-corrected chi connectivity index (χ0v) is 12.7. The first-order valence-electron chi connectivity index (χ1n) is 6.47. The molecule has 19 heavy (non-hydrogen) atoms. The van der Waals surface area contributed by atoms with Gasteiger partial charge in [0, 0.05) is 26.2 Å². The maximum Gasteiger partial charge on any atom is 0.252 e. The zero-order chi connectivity index (χ0) is 13.9. The van der Waals surface area contributed by atoms with Crippen molar-refractivity contribution in [2.45, 2.75) is 36.6 Å². The summed E-state index contributed by atoms with van der Waals surface area (Å²) < 4.78 is 32.3. The average molecular weight is 304 g/mol. The van der Waals surface area contributed by atoms with Crippen LogP contribution < -0.4 is 5.73 Å². The Bertz CT molecular complexity index is 505. The molecule has 7 heteroatoms. The minimum absolute atomic E-state index is 0.194. The van der Waals surface area contributed by atoms with Crippen LogP contribution in [0.15, 0.2) is 15.7 Å². The lowest BCUT2D eigenvalue weighted by Gasteiger charge is -2.30. The van der Waals surface area contributed by atoms with Gasteiger partial charge in [0.15, 0.2) is 0 Å². The monoisotopic (exact) mass is 304 g/mol. The molecule has 0 radical (unpaired) electrons. The van der Waals surface area contributed by atoms with Gasteiger partial charge in [-0.3, -0.25) is 0 Å². The Morgan fingerprint density at radius 3 is 2.68 bits per heavy atom. The van der Waals surface area contributed by atoms with E-state index in [1.807, 2.05) is 6.92 Å². The largest absolute Gasteiger partial charge is 0.378 e. The summed E-state index contributed by atoms with van der Waals surface area (Å²) in [5.41, 5.74) is 6.39. The van der Waals surface area contributed by atoms with Crippen molar-refractivity contribution < 1.29 is 13.2 Å². The fourth-order valence-corrected chi connectivity index (χ4v) is 5.04. The molecule has 0 bridgehead atoms. The summed E-state index contributed by atoms with van der Waals surface area (Å²) >= 11 is 1.24. The van der Waals surface area contributed by atoms with E-state index in [-0.39, 0.29) is 6.10 Å². The molecule has 1 aliphatic heterocycles. The SMILES string of the molecule is CCOC1CCN(S(=O)(=O)c2cc(CN)cs2)CC1. The molecule has 108 valence electrons. The maximum atomic E-state index is 12.4. The van der Waals surface area contributed by atoms with Crippen LogP contribution in [-0.4, -0.2) is 38.5 Å². The van der Waals surface area contributed by atoms with E-state index in [9.17, 15) is 8.42 Å². The number of hydrogen-bond donors (Lipinski definition) is 1. The Morgan fingerprint density at radius 2 is 2.16 bits per heavy atom. The first-order chi connectivity index (χ1) is 9.07. The predicted molar refractivity (Wildman–Crippen MR) is 75.6 cm³/mol. The zero-order valence-electron chi connectivity index (χ0n) is 11.0. The number of rotatable bonds is 5. The van der Waals surface area contributed by atoms with Crippen LogP contribution >= 0.6 is 11.3 Å². The molecule has 0 unspecified atom stereocenters. The molecule has 2 heterocycles. The van der Waals surface area contributed by atoms with Gasteiger partial charge < -0.3 is 10.5 Å². The topological polar surface area (TPSA) is 72.6 Å². The molecule has 0 aromatic carbocycles. The van der Waals surface area contributed by atoms with E-state index >= 15 is 0 Å². The Labute approximate surface area is 118 Å². The summed E-state index contributed by atoms with van der Waals surface area (Å²) in [7, 11) is -3.35. The highest BCUT2D eigenvalue weighted by Gasteiger charge is 2.30. The Morgan fingerprint density at radius 1 is 1.47 bits per heavy atom. The number of thiophene rings is 1. The maximum absolute atomic E-state index is 12.4. The molecule has 0 atom stereocenters. The Hall–Kier alpha value is -0.470. The number of hydrogen-bond acceptors (Lipinski definition) is 5. The smallest absolute Gasteiger partial charge is 0.252 e. The Balaban J connectivity index is 2.05. The average Bonchev–Trinajstić information content (AvgIpc) is 2.89.